The van der Waals surface area contributed by atoms with Gasteiger partial charge in [-0.25, -0.2) is 4.39 Å². The standard InChI is InChI=1S/C35H30FN3O6S2/c1-2-44-24-14-17(8-13-23(24)45-16-25(40)37-19-11-9-18(36)10-12-19)26-27-21-15-22(30(27)46-32-31(26)47-35(43)38-32)29-28(21)33(41)39(34(29)42)20-6-4-3-5-7-20/h3-14,21-22,26-30H,2,15-16H2,1H3,(H,37,40)(H,38,43)/t21-,22-,26+,27-,28+,29+,30-/m1/s1. The predicted octanol–water partition coefficient (Wildman–Crippen LogP) is 5.67. The molecule has 3 aromatic carbocycles. The van der Waals surface area contributed by atoms with Gasteiger partial charge in [0.25, 0.3) is 5.91 Å². The second-order valence-corrected chi connectivity index (χ2v) is 14.5. The van der Waals surface area contributed by atoms with Crippen molar-refractivity contribution < 1.29 is 28.2 Å². The first kappa shape index (κ1) is 29.9. The average Bonchev–Trinajstić information content (AvgIpc) is 3.80. The molecule has 4 aromatic rings. The van der Waals surface area contributed by atoms with Gasteiger partial charge in [0.1, 0.15) is 5.82 Å². The summed E-state index contributed by atoms with van der Waals surface area (Å²) in [4.78, 5) is 58.2. The van der Waals surface area contributed by atoms with Crippen molar-refractivity contribution >= 4 is 52.2 Å². The molecule has 7 atom stereocenters. The molecule has 2 aliphatic heterocycles. The van der Waals surface area contributed by atoms with E-state index in [0.717, 1.165) is 21.9 Å². The van der Waals surface area contributed by atoms with Crippen molar-refractivity contribution in [2.45, 2.75) is 29.5 Å². The highest BCUT2D eigenvalue weighted by Crippen LogP contribution is 2.68. The molecule has 2 N–H and O–H groups in total. The number of aromatic nitrogens is 1. The minimum atomic E-state index is -0.408. The normalized spacial score (nSPS) is 26.9. The number of nitrogens with one attached hydrogen (secondary N) is 2. The van der Waals surface area contributed by atoms with Gasteiger partial charge in [-0.05, 0) is 85.2 Å². The average molecular weight is 672 g/mol. The van der Waals surface area contributed by atoms with Crippen LogP contribution in [0.1, 0.15) is 29.7 Å². The number of imide groups is 1. The van der Waals surface area contributed by atoms with E-state index < -0.39 is 17.6 Å². The van der Waals surface area contributed by atoms with Crippen molar-refractivity contribution in [1.29, 1.82) is 0 Å². The Kier molecular flexibility index (Phi) is 7.44. The van der Waals surface area contributed by atoms with Gasteiger partial charge in [-0.3, -0.25) is 24.1 Å². The van der Waals surface area contributed by atoms with Crippen molar-refractivity contribution in [2.24, 2.45) is 29.6 Å². The number of aromatic amines is 1. The zero-order valence-electron chi connectivity index (χ0n) is 25.2. The number of benzene rings is 3. The van der Waals surface area contributed by atoms with Gasteiger partial charge in [0.15, 0.2) is 18.1 Å². The minimum absolute atomic E-state index is 0.0119. The number of thioether (sulfide) groups is 1. The molecule has 4 aliphatic rings. The highest BCUT2D eigenvalue weighted by atomic mass is 32.2. The summed E-state index contributed by atoms with van der Waals surface area (Å²) in [5.41, 5.74) is 1.98. The van der Waals surface area contributed by atoms with E-state index in [1.807, 2.05) is 37.3 Å². The highest BCUT2D eigenvalue weighted by molar-refractivity contribution is 8.00. The number of amides is 3. The summed E-state index contributed by atoms with van der Waals surface area (Å²) in [7, 11) is 0. The maximum Gasteiger partial charge on any atom is 0.305 e. The number of thiazole rings is 1. The van der Waals surface area contributed by atoms with Crippen molar-refractivity contribution in [3.63, 3.8) is 0 Å². The number of fused-ring (bicyclic) bond motifs is 9. The van der Waals surface area contributed by atoms with Crippen LogP contribution in [0.4, 0.5) is 15.8 Å². The van der Waals surface area contributed by atoms with Crippen LogP contribution in [0.25, 0.3) is 0 Å². The Labute approximate surface area is 277 Å². The SMILES string of the molecule is CCOc1cc([C@@H]2c3sc(=O)[nH]c3S[C@@H]3[C@@H]4C[C@@H]([C@@H]5C(=O)N(c6ccccc6)C(=O)[C@@H]45)[C@H]23)ccc1OCC(=O)Nc1ccc(F)cc1. The predicted molar refractivity (Wildman–Crippen MR) is 176 cm³/mol. The molecule has 8 rings (SSSR count). The fourth-order valence-corrected chi connectivity index (χ4v) is 11.1. The number of nitrogens with zero attached hydrogens (tertiary/aromatic N) is 1. The summed E-state index contributed by atoms with van der Waals surface area (Å²) in [5.74, 6) is -1.16. The number of H-pyrrole nitrogens is 1. The lowest BCUT2D eigenvalue weighted by atomic mass is 9.68. The highest BCUT2D eigenvalue weighted by Gasteiger charge is 2.69. The molecule has 47 heavy (non-hydrogen) atoms. The largest absolute Gasteiger partial charge is 0.490 e. The Balaban J connectivity index is 1.10. The molecule has 0 unspecified atom stereocenters. The number of anilines is 2. The van der Waals surface area contributed by atoms with Crippen LogP contribution in [0, 0.1) is 35.4 Å². The molecular weight excluding hydrogens is 642 g/mol. The molecule has 2 bridgehead atoms. The summed E-state index contributed by atoms with van der Waals surface area (Å²) in [6, 6.07) is 20.2. The lowest BCUT2D eigenvalue weighted by Gasteiger charge is -2.43. The fraction of sp³-hybridized carbons (Fsp3) is 0.314. The van der Waals surface area contributed by atoms with Crippen LogP contribution in [0.2, 0.25) is 0 Å². The first-order valence-electron chi connectivity index (χ1n) is 15.6. The summed E-state index contributed by atoms with van der Waals surface area (Å²) in [5, 5.41) is 3.56. The lowest BCUT2D eigenvalue weighted by molar-refractivity contribution is -0.123. The van der Waals surface area contributed by atoms with Crippen molar-refractivity contribution in [2.75, 3.05) is 23.4 Å². The Morgan fingerprint density at radius 3 is 2.45 bits per heavy atom. The Bertz CT molecular complexity index is 1950. The third-order valence-corrected chi connectivity index (χ3v) is 12.4. The molecular formula is C35H30FN3O6S2. The number of rotatable bonds is 8. The molecule has 12 heteroatoms. The van der Waals surface area contributed by atoms with Crippen LogP contribution in [0.5, 0.6) is 11.5 Å². The van der Waals surface area contributed by atoms with E-state index in [-0.39, 0.29) is 58.1 Å². The van der Waals surface area contributed by atoms with E-state index in [9.17, 15) is 23.6 Å². The number of hydrogen-bond acceptors (Lipinski definition) is 8. The second-order valence-electron chi connectivity index (χ2n) is 12.3. The Morgan fingerprint density at radius 1 is 0.957 bits per heavy atom. The van der Waals surface area contributed by atoms with E-state index in [0.29, 0.717) is 29.5 Å². The topological polar surface area (TPSA) is 118 Å². The van der Waals surface area contributed by atoms with E-state index >= 15 is 0 Å². The smallest absolute Gasteiger partial charge is 0.305 e. The van der Waals surface area contributed by atoms with Crippen molar-refractivity contribution in [3.8, 4) is 11.5 Å². The van der Waals surface area contributed by atoms with E-state index in [1.54, 1.807) is 30.0 Å². The summed E-state index contributed by atoms with van der Waals surface area (Å²) in [6.07, 6.45) is 0.788. The maximum absolute atomic E-state index is 14.0. The van der Waals surface area contributed by atoms with Gasteiger partial charge >= 0.3 is 4.87 Å². The molecule has 0 radical (unpaired) electrons. The van der Waals surface area contributed by atoms with E-state index in [1.165, 1.54) is 40.5 Å². The van der Waals surface area contributed by atoms with Crippen LogP contribution in [-0.4, -0.2) is 41.2 Å². The van der Waals surface area contributed by atoms with Crippen molar-refractivity contribution in [3.05, 3.63) is 98.7 Å². The summed E-state index contributed by atoms with van der Waals surface area (Å²) in [6.45, 7) is 1.93. The molecule has 2 saturated carbocycles. The zero-order valence-corrected chi connectivity index (χ0v) is 26.8. The lowest BCUT2D eigenvalue weighted by Crippen LogP contribution is -2.42. The molecule has 240 valence electrons. The molecule has 9 nitrogen and oxygen atoms in total. The number of halogens is 1. The molecule has 0 spiro atoms. The van der Waals surface area contributed by atoms with Crippen LogP contribution in [0.15, 0.2) is 82.6 Å². The quantitative estimate of drug-likeness (QED) is 0.232. The third-order valence-electron chi connectivity index (χ3n) is 9.85. The van der Waals surface area contributed by atoms with Crippen LogP contribution >= 0.6 is 23.1 Å². The van der Waals surface area contributed by atoms with Gasteiger partial charge < -0.3 is 19.8 Å². The Hall–Kier alpha value is -4.42. The van der Waals surface area contributed by atoms with Gasteiger partial charge in [0.05, 0.1) is 29.2 Å². The zero-order chi connectivity index (χ0) is 32.4. The minimum Gasteiger partial charge on any atom is -0.490 e. The van der Waals surface area contributed by atoms with Crippen LogP contribution < -0.4 is 24.6 Å². The van der Waals surface area contributed by atoms with Crippen LogP contribution in [0.3, 0.4) is 0 Å². The molecule has 3 fully saturated rings. The Morgan fingerprint density at radius 2 is 1.70 bits per heavy atom. The summed E-state index contributed by atoms with van der Waals surface area (Å²) < 4.78 is 25.1. The van der Waals surface area contributed by atoms with Gasteiger partial charge in [-0.1, -0.05) is 35.6 Å². The molecule has 2 aliphatic carbocycles. The van der Waals surface area contributed by atoms with E-state index in [4.69, 9.17) is 9.47 Å². The van der Waals surface area contributed by atoms with Crippen molar-refractivity contribution in [1.82, 2.24) is 4.98 Å². The number of carbonyl (C=O) groups excluding carboxylic acids is 3. The number of carbonyl (C=O) groups is 3. The molecule has 1 aromatic heterocycles. The number of ether oxygens (including phenoxy) is 2. The third kappa shape index (κ3) is 4.96. The first-order chi connectivity index (χ1) is 22.8. The maximum atomic E-state index is 14.0. The van der Waals surface area contributed by atoms with Gasteiger partial charge in [0, 0.05) is 21.7 Å². The first-order valence-corrected chi connectivity index (χ1v) is 17.3. The number of para-hydroxylation sites is 1. The molecule has 3 heterocycles. The van der Waals surface area contributed by atoms with Crippen LogP contribution in [-0.2, 0) is 14.4 Å². The van der Waals surface area contributed by atoms with Gasteiger partial charge in [0.2, 0.25) is 11.8 Å². The second kappa shape index (κ2) is 11.7. The van der Waals surface area contributed by atoms with Gasteiger partial charge in [-0.2, -0.15) is 0 Å². The molecule has 1 saturated heterocycles. The summed E-state index contributed by atoms with van der Waals surface area (Å²) >= 11 is 2.83. The monoisotopic (exact) mass is 671 g/mol. The van der Waals surface area contributed by atoms with Gasteiger partial charge in [-0.15, -0.1) is 11.8 Å². The van der Waals surface area contributed by atoms with E-state index in [2.05, 4.69) is 10.3 Å². The molecule has 3 amide bonds. The fourth-order valence-electron chi connectivity index (χ4n) is 8.20. The number of hydrogen-bond donors (Lipinski definition) is 2.